The fraction of sp³-hybridized carbons (Fsp3) is 0.444. The zero-order valence-corrected chi connectivity index (χ0v) is 20.2. The number of anilines is 2. The molecule has 0 aliphatic carbocycles. The topological polar surface area (TPSA) is 85.0 Å². The van der Waals surface area contributed by atoms with Crippen LogP contribution in [-0.2, 0) is 16.1 Å². The number of fused-ring (bicyclic) bond motifs is 1. The number of nitrogens with one attached hydrogen (secondary N) is 2. The minimum absolute atomic E-state index is 0.0565. The van der Waals surface area contributed by atoms with Gasteiger partial charge >= 0.3 is 6.03 Å². The van der Waals surface area contributed by atoms with Gasteiger partial charge in [0, 0.05) is 13.1 Å². The highest BCUT2D eigenvalue weighted by molar-refractivity contribution is 6.12. The summed E-state index contributed by atoms with van der Waals surface area (Å²) in [6.07, 6.45) is 6.02. The number of para-hydroxylation sites is 2. The SMILES string of the molecule is O=C(CN1C(=O)CN(C(=O)NCc2ccccc2)c2ccccc21)NCCCN1CCCCCC1. The van der Waals surface area contributed by atoms with E-state index < -0.39 is 0 Å². The number of nitrogens with zero attached hydrogens (tertiary/aromatic N) is 3. The summed E-state index contributed by atoms with van der Waals surface area (Å²) in [5.74, 6) is -0.468. The van der Waals surface area contributed by atoms with Crippen LogP contribution in [0.15, 0.2) is 54.6 Å². The van der Waals surface area contributed by atoms with E-state index in [0.717, 1.165) is 31.6 Å². The number of carbonyl (C=O) groups is 3. The maximum absolute atomic E-state index is 13.0. The Morgan fingerprint density at radius 2 is 1.51 bits per heavy atom. The van der Waals surface area contributed by atoms with Gasteiger partial charge < -0.3 is 15.5 Å². The first-order valence-corrected chi connectivity index (χ1v) is 12.6. The Morgan fingerprint density at radius 3 is 2.26 bits per heavy atom. The molecule has 0 atom stereocenters. The quantitative estimate of drug-likeness (QED) is 0.572. The van der Waals surface area contributed by atoms with Crippen molar-refractivity contribution < 1.29 is 14.4 Å². The van der Waals surface area contributed by atoms with Crippen molar-refractivity contribution in [2.45, 2.75) is 38.6 Å². The molecule has 8 heteroatoms. The second kappa shape index (κ2) is 12.4. The number of hydrogen-bond donors (Lipinski definition) is 2. The van der Waals surface area contributed by atoms with E-state index in [9.17, 15) is 14.4 Å². The number of benzene rings is 2. The first-order valence-electron chi connectivity index (χ1n) is 12.6. The molecule has 2 N–H and O–H groups in total. The average molecular weight is 478 g/mol. The summed E-state index contributed by atoms with van der Waals surface area (Å²) in [7, 11) is 0. The minimum Gasteiger partial charge on any atom is -0.355 e. The maximum atomic E-state index is 13.0. The van der Waals surface area contributed by atoms with Gasteiger partial charge in [0.25, 0.3) is 0 Å². The van der Waals surface area contributed by atoms with E-state index in [1.54, 1.807) is 12.1 Å². The zero-order valence-electron chi connectivity index (χ0n) is 20.2. The smallest absolute Gasteiger partial charge is 0.322 e. The fourth-order valence-electron chi connectivity index (χ4n) is 4.67. The summed E-state index contributed by atoms with van der Waals surface area (Å²) in [5.41, 5.74) is 2.16. The number of rotatable bonds is 8. The van der Waals surface area contributed by atoms with Crippen LogP contribution in [-0.4, -0.2) is 62.0 Å². The zero-order chi connectivity index (χ0) is 24.5. The van der Waals surface area contributed by atoms with Gasteiger partial charge in [-0.2, -0.15) is 0 Å². The molecule has 186 valence electrons. The van der Waals surface area contributed by atoms with Crippen molar-refractivity contribution in [1.82, 2.24) is 15.5 Å². The molecule has 2 aliphatic rings. The monoisotopic (exact) mass is 477 g/mol. The lowest BCUT2D eigenvalue weighted by molar-refractivity contribution is -0.123. The first-order chi connectivity index (χ1) is 17.1. The van der Waals surface area contributed by atoms with E-state index in [2.05, 4.69) is 15.5 Å². The lowest BCUT2D eigenvalue weighted by Gasteiger charge is -2.35. The minimum atomic E-state index is -0.340. The van der Waals surface area contributed by atoms with Crippen molar-refractivity contribution in [3.63, 3.8) is 0 Å². The van der Waals surface area contributed by atoms with E-state index in [1.807, 2.05) is 42.5 Å². The van der Waals surface area contributed by atoms with Gasteiger partial charge in [-0.1, -0.05) is 55.3 Å². The van der Waals surface area contributed by atoms with Crippen LogP contribution in [0.3, 0.4) is 0 Å². The molecular weight excluding hydrogens is 442 g/mol. The van der Waals surface area contributed by atoms with E-state index in [-0.39, 0.29) is 30.9 Å². The second-order valence-electron chi connectivity index (χ2n) is 9.16. The second-order valence-corrected chi connectivity index (χ2v) is 9.16. The van der Waals surface area contributed by atoms with Gasteiger partial charge in [-0.3, -0.25) is 19.4 Å². The van der Waals surface area contributed by atoms with Crippen molar-refractivity contribution in [1.29, 1.82) is 0 Å². The number of amides is 4. The normalized spacial score (nSPS) is 16.4. The van der Waals surface area contributed by atoms with Crippen LogP contribution >= 0.6 is 0 Å². The third-order valence-electron chi connectivity index (χ3n) is 6.56. The van der Waals surface area contributed by atoms with Crippen molar-refractivity contribution >= 4 is 29.2 Å². The maximum Gasteiger partial charge on any atom is 0.322 e. The third kappa shape index (κ3) is 6.82. The Hall–Kier alpha value is -3.39. The predicted molar refractivity (Wildman–Crippen MR) is 137 cm³/mol. The number of carbonyl (C=O) groups excluding carboxylic acids is 3. The Bertz CT molecular complexity index is 1000. The van der Waals surface area contributed by atoms with Crippen LogP contribution in [0.25, 0.3) is 0 Å². The lowest BCUT2D eigenvalue weighted by atomic mass is 10.1. The molecule has 0 unspecified atom stereocenters. The van der Waals surface area contributed by atoms with Crippen LogP contribution in [0.5, 0.6) is 0 Å². The Morgan fingerprint density at radius 1 is 0.829 bits per heavy atom. The van der Waals surface area contributed by atoms with Gasteiger partial charge in [-0.15, -0.1) is 0 Å². The van der Waals surface area contributed by atoms with Crippen LogP contribution in [0.1, 0.15) is 37.7 Å². The molecule has 0 saturated carbocycles. The molecule has 2 aliphatic heterocycles. The van der Waals surface area contributed by atoms with Gasteiger partial charge in [0.15, 0.2) is 0 Å². The Kier molecular flexibility index (Phi) is 8.73. The fourth-order valence-corrected chi connectivity index (χ4v) is 4.67. The number of hydrogen-bond acceptors (Lipinski definition) is 4. The molecule has 1 saturated heterocycles. The van der Waals surface area contributed by atoms with Gasteiger partial charge in [0.1, 0.15) is 13.1 Å². The van der Waals surface area contributed by atoms with Crippen molar-refractivity contribution in [3.8, 4) is 0 Å². The molecule has 0 bridgehead atoms. The third-order valence-corrected chi connectivity index (χ3v) is 6.56. The van der Waals surface area contributed by atoms with E-state index in [4.69, 9.17) is 0 Å². The molecule has 8 nitrogen and oxygen atoms in total. The van der Waals surface area contributed by atoms with Crippen LogP contribution in [0.2, 0.25) is 0 Å². The average Bonchev–Trinajstić information content (AvgIpc) is 3.16. The molecule has 4 rings (SSSR count). The summed E-state index contributed by atoms with van der Waals surface area (Å²) >= 11 is 0. The summed E-state index contributed by atoms with van der Waals surface area (Å²) in [6, 6.07) is 16.5. The largest absolute Gasteiger partial charge is 0.355 e. The summed E-state index contributed by atoms with van der Waals surface area (Å²) in [6.45, 7) is 4.06. The highest BCUT2D eigenvalue weighted by Crippen LogP contribution is 2.33. The molecule has 4 amide bonds. The Balaban J connectivity index is 1.31. The molecule has 0 spiro atoms. The van der Waals surface area contributed by atoms with Gasteiger partial charge in [0.05, 0.1) is 11.4 Å². The summed E-state index contributed by atoms with van der Waals surface area (Å²) < 4.78 is 0. The lowest BCUT2D eigenvalue weighted by Crippen LogP contribution is -2.53. The molecule has 2 heterocycles. The molecule has 0 radical (unpaired) electrons. The molecule has 0 aromatic heterocycles. The number of urea groups is 1. The van der Waals surface area contributed by atoms with Crippen LogP contribution in [0, 0.1) is 0 Å². The molecule has 2 aromatic carbocycles. The molecule has 35 heavy (non-hydrogen) atoms. The van der Waals surface area contributed by atoms with Gasteiger partial charge in [0.2, 0.25) is 11.8 Å². The molecule has 2 aromatic rings. The highest BCUT2D eigenvalue weighted by Gasteiger charge is 2.33. The van der Waals surface area contributed by atoms with Crippen molar-refractivity contribution in [3.05, 3.63) is 60.2 Å². The van der Waals surface area contributed by atoms with Crippen LogP contribution < -0.4 is 20.4 Å². The standard InChI is InChI=1S/C27H35N5O3/c33-25(28-15-10-18-30-16-8-1-2-9-17-30)20-31-23-13-6-7-14-24(23)32(21-26(31)34)27(35)29-19-22-11-4-3-5-12-22/h3-7,11-14H,1-2,8-10,15-21H2,(H,28,33)(H,29,35). The molecular formula is C27H35N5O3. The molecule has 1 fully saturated rings. The number of likely N-dealkylation sites (tertiary alicyclic amines) is 1. The summed E-state index contributed by atoms with van der Waals surface area (Å²) in [5, 5.41) is 5.84. The van der Waals surface area contributed by atoms with Gasteiger partial charge in [-0.05, 0) is 56.6 Å². The first kappa shape index (κ1) is 24.7. The van der Waals surface area contributed by atoms with Crippen molar-refractivity contribution in [2.75, 3.05) is 49.1 Å². The predicted octanol–water partition coefficient (Wildman–Crippen LogP) is 3.13. The van der Waals surface area contributed by atoms with E-state index in [1.165, 1.54) is 35.5 Å². The Labute approximate surface area is 207 Å². The summed E-state index contributed by atoms with van der Waals surface area (Å²) in [4.78, 5) is 43.9. The van der Waals surface area contributed by atoms with Crippen LogP contribution in [0.4, 0.5) is 16.2 Å². The van der Waals surface area contributed by atoms with E-state index in [0.29, 0.717) is 24.5 Å². The van der Waals surface area contributed by atoms with E-state index >= 15 is 0 Å². The van der Waals surface area contributed by atoms with Gasteiger partial charge in [-0.25, -0.2) is 4.79 Å². The highest BCUT2D eigenvalue weighted by atomic mass is 16.2. The van der Waals surface area contributed by atoms with Crippen molar-refractivity contribution in [2.24, 2.45) is 0 Å².